The topological polar surface area (TPSA) is 61.4 Å². The molecule has 1 unspecified atom stereocenters. The third kappa shape index (κ3) is 3.71. The highest BCUT2D eigenvalue weighted by molar-refractivity contribution is 7.89. The van der Waals surface area contributed by atoms with E-state index in [9.17, 15) is 8.42 Å². The third-order valence-corrected chi connectivity index (χ3v) is 5.05. The first-order valence-electron chi connectivity index (χ1n) is 6.92. The van der Waals surface area contributed by atoms with Crippen LogP contribution < -0.4 is 10.0 Å². The van der Waals surface area contributed by atoms with Gasteiger partial charge in [-0.15, -0.1) is 0 Å². The Morgan fingerprint density at radius 2 is 2.15 bits per heavy atom. The van der Waals surface area contributed by atoms with Gasteiger partial charge in [0.05, 0.1) is 4.90 Å². The molecular formula is C14H23N3O2S. The number of hydrogen-bond acceptors (Lipinski definition) is 4. The van der Waals surface area contributed by atoms with Gasteiger partial charge in [0, 0.05) is 18.3 Å². The molecule has 5 nitrogen and oxygen atoms in total. The van der Waals surface area contributed by atoms with Crippen molar-refractivity contribution in [2.24, 2.45) is 0 Å². The molecule has 6 heteroatoms. The van der Waals surface area contributed by atoms with E-state index in [1.807, 2.05) is 32.0 Å². The van der Waals surface area contributed by atoms with Crippen LogP contribution in [0.4, 0.5) is 5.69 Å². The van der Waals surface area contributed by atoms with Gasteiger partial charge in [-0.25, -0.2) is 13.1 Å². The van der Waals surface area contributed by atoms with Crippen LogP contribution in [0, 0.1) is 0 Å². The minimum absolute atomic E-state index is 0.0800. The first kappa shape index (κ1) is 15.3. The minimum Gasteiger partial charge on any atom is -0.384 e. The highest BCUT2D eigenvalue weighted by Crippen LogP contribution is 2.25. The smallest absolute Gasteiger partial charge is 0.240 e. The van der Waals surface area contributed by atoms with Crippen molar-refractivity contribution >= 4 is 15.7 Å². The minimum atomic E-state index is -3.44. The van der Waals surface area contributed by atoms with Crippen molar-refractivity contribution in [1.29, 1.82) is 0 Å². The van der Waals surface area contributed by atoms with Crippen molar-refractivity contribution in [3.63, 3.8) is 0 Å². The molecule has 1 aromatic carbocycles. The van der Waals surface area contributed by atoms with E-state index in [0.717, 1.165) is 31.6 Å². The van der Waals surface area contributed by atoms with Crippen molar-refractivity contribution in [3.05, 3.63) is 23.8 Å². The second kappa shape index (κ2) is 6.11. The van der Waals surface area contributed by atoms with Gasteiger partial charge in [0.15, 0.2) is 0 Å². The Kier molecular flexibility index (Phi) is 4.67. The second-order valence-electron chi connectivity index (χ2n) is 5.61. The quantitative estimate of drug-likeness (QED) is 0.830. The third-order valence-electron chi connectivity index (χ3n) is 3.47. The average molecular weight is 297 g/mol. The highest BCUT2D eigenvalue weighted by Gasteiger charge is 2.20. The van der Waals surface area contributed by atoms with E-state index < -0.39 is 10.0 Å². The molecule has 1 aliphatic heterocycles. The van der Waals surface area contributed by atoms with Crippen LogP contribution in [0.5, 0.6) is 0 Å². The molecule has 0 spiro atoms. The standard InChI is InChI=1S/C14H23N3O2S/c1-11(7-9-17(2)3)16-20(18,19)13-5-4-12-6-8-15-14(12)10-13/h4-5,10-11,15-16H,6-9H2,1-3H3. The van der Waals surface area contributed by atoms with E-state index in [-0.39, 0.29) is 6.04 Å². The number of benzene rings is 1. The lowest BCUT2D eigenvalue weighted by atomic mass is 10.2. The Labute approximate surface area is 121 Å². The van der Waals surface area contributed by atoms with Crippen LogP contribution in [-0.4, -0.2) is 46.5 Å². The molecule has 2 N–H and O–H groups in total. The normalized spacial score (nSPS) is 16.0. The largest absolute Gasteiger partial charge is 0.384 e. The summed E-state index contributed by atoms with van der Waals surface area (Å²) >= 11 is 0. The van der Waals surface area contributed by atoms with E-state index in [2.05, 4.69) is 10.0 Å². The van der Waals surface area contributed by atoms with Crippen molar-refractivity contribution in [1.82, 2.24) is 9.62 Å². The molecule has 2 rings (SSSR count). The summed E-state index contributed by atoms with van der Waals surface area (Å²) in [6, 6.07) is 5.23. The molecule has 0 saturated heterocycles. The van der Waals surface area contributed by atoms with Crippen LogP contribution in [0.15, 0.2) is 23.1 Å². The molecule has 20 heavy (non-hydrogen) atoms. The number of sulfonamides is 1. The zero-order valence-electron chi connectivity index (χ0n) is 12.3. The van der Waals surface area contributed by atoms with Crippen LogP contribution in [0.25, 0.3) is 0 Å². The summed E-state index contributed by atoms with van der Waals surface area (Å²) in [5.74, 6) is 0. The van der Waals surface area contributed by atoms with Gasteiger partial charge in [0.25, 0.3) is 0 Å². The molecule has 0 bridgehead atoms. The van der Waals surface area contributed by atoms with Crippen LogP contribution in [-0.2, 0) is 16.4 Å². The lowest BCUT2D eigenvalue weighted by Gasteiger charge is -2.17. The Balaban J connectivity index is 2.06. The van der Waals surface area contributed by atoms with E-state index in [1.165, 1.54) is 5.56 Å². The molecule has 0 saturated carbocycles. The predicted octanol–water partition coefficient (Wildman–Crippen LogP) is 1.27. The lowest BCUT2D eigenvalue weighted by Crippen LogP contribution is -2.34. The summed E-state index contributed by atoms with van der Waals surface area (Å²) in [7, 11) is 0.522. The molecule has 1 atom stereocenters. The maximum absolute atomic E-state index is 12.3. The monoisotopic (exact) mass is 297 g/mol. The number of nitrogens with zero attached hydrogens (tertiary/aromatic N) is 1. The molecule has 0 radical (unpaired) electrons. The van der Waals surface area contributed by atoms with Crippen LogP contribution >= 0.6 is 0 Å². The Morgan fingerprint density at radius 1 is 1.40 bits per heavy atom. The summed E-state index contributed by atoms with van der Waals surface area (Å²) < 4.78 is 27.4. The zero-order valence-corrected chi connectivity index (χ0v) is 13.1. The summed E-state index contributed by atoms with van der Waals surface area (Å²) in [4.78, 5) is 2.38. The van der Waals surface area contributed by atoms with Crippen LogP contribution in [0.3, 0.4) is 0 Å². The van der Waals surface area contributed by atoms with Crippen molar-refractivity contribution in [2.75, 3.05) is 32.5 Å². The molecule has 0 amide bonds. The van der Waals surface area contributed by atoms with Gasteiger partial charge in [0.2, 0.25) is 10.0 Å². The van der Waals surface area contributed by atoms with Gasteiger partial charge in [-0.3, -0.25) is 0 Å². The van der Waals surface area contributed by atoms with Gasteiger partial charge < -0.3 is 10.2 Å². The fourth-order valence-corrected chi connectivity index (χ4v) is 3.58. The summed E-state index contributed by atoms with van der Waals surface area (Å²) in [6.45, 7) is 3.63. The highest BCUT2D eigenvalue weighted by atomic mass is 32.2. The predicted molar refractivity (Wildman–Crippen MR) is 81.6 cm³/mol. The number of fused-ring (bicyclic) bond motifs is 1. The summed E-state index contributed by atoms with van der Waals surface area (Å²) in [5.41, 5.74) is 2.12. The molecule has 0 aromatic heterocycles. The molecule has 0 aliphatic carbocycles. The molecule has 1 heterocycles. The first-order chi connectivity index (χ1) is 9.38. The van der Waals surface area contributed by atoms with Gasteiger partial charge >= 0.3 is 0 Å². The Bertz CT molecular complexity index is 570. The Hall–Kier alpha value is -1.11. The van der Waals surface area contributed by atoms with Crippen molar-refractivity contribution < 1.29 is 8.42 Å². The van der Waals surface area contributed by atoms with E-state index in [0.29, 0.717) is 4.90 Å². The average Bonchev–Trinajstić information content (AvgIpc) is 2.83. The van der Waals surface area contributed by atoms with Crippen LogP contribution in [0.2, 0.25) is 0 Å². The molecular weight excluding hydrogens is 274 g/mol. The van der Waals surface area contributed by atoms with Crippen LogP contribution in [0.1, 0.15) is 18.9 Å². The van der Waals surface area contributed by atoms with Gasteiger partial charge in [-0.2, -0.15) is 0 Å². The fraction of sp³-hybridized carbons (Fsp3) is 0.571. The maximum Gasteiger partial charge on any atom is 0.240 e. The molecule has 1 aliphatic rings. The molecule has 0 fully saturated rings. The lowest BCUT2D eigenvalue weighted by molar-refractivity contribution is 0.379. The van der Waals surface area contributed by atoms with E-state index in [4.69, 9.17) is 0 Å². The SMILES string of the molecule is CC(CCN(C)C)NS(=O)(=O)c1ccc2c(c1)NCC2. The van der Waals surface area contributed by atoms with E-state index in [1.54, 1.807) is 12.1 Å². The fourth-order valence-electron chi connectivity index (χ4n) is 2.28. The number of hydrogen-bond donors (Lipinski definition) is 2. The summed E-state index contributed by atoms with van der Waals surface area (Å²) in [5, 5.41) is 3.21. The van der Waals surface area contributed by atoms with Gasteiger partial charge in [-0.05, 0) is 58.1 Å². The zero-order chi connectivity index (χ0) is 14.8. The molecule has 112 valence electrons. The Morgan fingerprint density at radius 3 is 2.85 bits per heavy atom. The first-order valence-corrected chi connectivity index (χ1v) is 8.40. The van der Waals surface area contributed by atoms with Gasteiger partial charge in [0.1, 0.15) is 0 Å². The van der Waals surface area contributed by atoms with Crippen molar-refractivity contribution in [2.45, 2.75) is 30.7 Å². The summed E-state index contributed by atoms with van der Waals surface area (Å²) in [6.07, 6.45) is 1.75. The van der Waals surface area contributed by atoms with Gasteiger partial charge in [-0.1, -0.05) is 6.07 Å². The number of anilines is 1. The number of rotatable bonds is 6. The second-order valence-corrected chi connectivity index (χ2v) is 7.32. The maximum atomic E-state index is 12.3. The van der Waals surface area contributed by atoms with Crippen molar-refractivity contribution in [3.8, 4) is 0 Å². The number of nitrogens with one attached hydrogen (secondary N) is 2. The molecule has 1 aromatic rings. The van der Waals surface area contributed by atoms with E-state index >= 15 is 0 Å².